The molecule has 4 N–H and O–H groups in total. The van der Waals surface area contributed by atoms with E-state index in [0.717, 1.165) is 11.1 Å². The summed E-state index contributed by atoms with van der Waals surface area (Å²) in [6, 6.07) is 19.1. The molecule has 2 aromatic rings. The molecule has 0 aromatic heterocycles. The van der Waals surface area contributed by atoms with Crippen LogP contribution in [0.2, 0.25) is 0 Å². The fraction of sp³-hybridized carbons (Fsp3) is 0.316. The minimum Gasteiger partial charge on any atom is -0.396 e. The van der Waals surface area contributed by atoms with E-state index in [0.29, 0.717) is 19.4 Å². The maximum Gasteiger partial charge on any atom is 0.237 e. The Balaban J connectivity index is 0.00000288. The molecule has 0 aliphatic rings. The van der Waals surface area contributed by atoms with Gasteiger partial charge in [0.05, 0.1) is 6.04 Å². The lowest BCUT2D eigenvalue weighted by Gasteiger charge is -2.19. The Morgan fingerprint density at radius 1 is 1.04 bits per heavy atom. The van der Waals surface area contributed by atoms with Crippen LogP contribution in [0, 0.1) is 0 Å². The minimum absolute atomic E-state index is 0. The maximum atomic E-state index is 12.2. The molecule has 2 aromatic carbocycles. The summed E-state index contributed by atoms with van der Waals surface area (Å²) < 4.78 is 0. The Bertz CT molecular complexity index is 593. The summed E-state index contributed by atoms with van der Waals surface area (Å²) >= 11 is 0. The van der Waals surface area contributed by atoms with E-state index in [1.807, 2.05) is 60.7 Å². The average Bonchev–Trinajstić information content (AvgIpc) is 2.60. The molecule has 0 bridgehead atoms. The number of aliphatic hydroxyl groups excluding tert-OH is 1. The number of carbonyl (C=O) groups is 1. The number of benzene rings is 2. The number of amides is 1. The third-order valence-corrected chi connectivity index (χ3v) is 3.91. The molecule has 1 amide bonds. The van der Waals surface area contributed by atoms with Gasteiger partial charge in [0.2, 0.25) is 5.91 Å². The van der Waals surface area contributed by atoms with E-state index in [2.05, 4.69) is 5.32 Å². The molecule has 0 heterocycles. The number of rotatable bonds is 8. The van der Waals surface area contributed by atoms with Gasteiger partial charge in [-0.2, -0.15) is 0 Å². The van der Waals surface area contributed by atoms with Crippen LogP contribution in [0.3, 0.4) is 0 Å². The van der Waals surface area contributed by atoms with Crippen molar-refractivity contribution >= 4 is 18.3 Å². The van der Waals surface area contributed by atoms with Crippen LogP contribution in [0.1, 0.15) is 23.5 Å². The van der Waals surface area contributed by atoms with E-state index in [9.17, 15) is 9.90 Å². The zero-order valence-electron chi connectivity index (χ0n) is 13.6. The average molecular weight is 349 g/mol. The molecule has 0 aliphatic heterocycles. The third kappa shape index (κ3) is 6.32. The summed E-state index contributed by atoms with van der Waals surface area (Å²) in [5.74, 6) is -0.0678. The zero-order chi connectivity index (χ0) is 16.5. The number of aliphatic hydroxyl groups is 1. The second-order valence-electron chi connectivity index (χ2n) is 5.66. The van der Waals surface area contributed by atoms with Crippen LogP contribution in [0.4, 0.5) is 0 Å². The topological polar surface area (TPSA) is 75.4 Å². The molecule has 0 spiro atoms. The molecule has 0 fully saturated rings. The van der Waals surface area contributed by atoms with Crippen LogP contribution >= 0.6 is 12.4 Å². The van der Waals surface area contributed by atoms with Crippen molar-refractivity contribution in [2.75, 3.05) is 13.2 Å². The summed E-state index contributed by atoms with van der Waals surface area (Å²) in [6.45, 7) is 0.567. The van der Waals surface area contributed by atoms with Gasteiger partial charge in [-0.3, -0.25) is 4.79 Å². The highest BCUT2D eigenvalue weighted by atomic mass is 35.5. The van der Waals surface area contributed by atoms with Crippen molar-refractivity contribution in [3.63, 3.8) is 0 Å². The Kier molecular flexibility index (Phi) is 9.08. The molecule has 0 radical (unpaired) electrons. The van der Waals surface area contributed by atoms with Crippen molar-refractivity contribution in [3.05, 3.63) is 71.8 Å². The summed E-state index contributed by atoms with van der Waals surface area (Å²) in [5, 5.41) is 12.1. The number of carbonyl (C=O) groups excluding carboxylic acids is 1. The second-order valence-corrected chi connectivity index (χ2v) is 5.66. The first-order chi connectivity index (χ1) is 11.2. The molecule has 1 unspecified atom stereocenters. The molecule has 0 saturated carbocycles. The lowest BCUT2D eigenvalue weighted by atomic mass is 9.96. The molecule has 5 heteroatoms. The van der Waals surface area contributed by atoms with Crippen LogP contribution in [0.15, 0.2) is 60.7 Å². The molecule has 4 nitrogen and oxygen atoms in total. The van der Waals surface area contributed by atoms with Gasteiger partial charge in [-0.05, 0) is 24.0 Å². The first-order valence-corrected chi connectivity index (χ1v) is 7.93. The lowest BCUT2D eigenvalue weighted by molar-refractivity contribution is -0.122. The fourth-order valence-corrected chi connectivity index (χ4v) is 2.58. The SMILES string of the molecule is Cl.N[C@@H](Cc1ccccc1)C(=O)NCC(CCO)c1ccccc1. The van der Waals surface area contributed by atoms with Crippen LogP contribution in [0.5, 0.6) is 0 Å². The van der Waals surface area contributed by atoms with Crippen LogP contribution in [-0.2, 0) is 11.2 Å². The van der Waals surface area contributed by atoms with Crippen molar-refractivity contribution in [1.82, 2.24) is 5.32 Å². The number of nitrogens with one attached hydrogen (secondary N) is 1. The Morgan fingerprint density at radius 3 is 2.21 bits per heavy atom. The monoisotopic (exact) mass is 348 g/mol. The fourth-order valence-electron chi connectivity index (χ4n) is 2.58. The van der Waals surface area contributed by atoms with Crippen molar-refractivity contribution in [1.29, 1.82) is 0 Å². The van der Waals surface area contributed by atoms with Crippen molar-refractivity contribution in [2.45, 2.75) is 24.8 Å². The first-order valence-electron chi connectivity index (χ1n) is 7.93. The van der Waals surface area contributed by atoms with Gasteiger partial charge in [-0.1, -0.05) is 60.7 Å². The first kappa shape index (κ1) is 20.2. The van der Waals surface area contributed by atoms with E-state index in [-0.39, 0.29) is 30.8 Å². The van der Waals surface area contributed by atoms with Gasteiger partial charge in [-0.25, -0.2) is 0 Å². The van der Waals surface area contributed by atoms with Gasteiger partial charge in [0.15, 0.2) is 0 Å². The van der Waals surface area contributed by atoms with Crippen molar-refractivity contribution in [3.8, 4) is 0 Å². The predicted octanol–water partition coefficient (Wildman–Crippen LogP) is 2.26. The number of hydrogen-bond acceptors (Lipinski definition) is 3. The highest BCUT2D eigenvalue weighted by Crippen LogP contribution is 2.18. The Morgan fingerprint density at radius 2 is 1.62 bits per heavy atom. The number of nitrogens with two attached hydrogens (primary N) is 1. The van der Waals surface area contributed by atoms with Crippen LogP contribution < -0.4 is 11.1 Å². The van der Waals surface area contributed by atoms with E-state index in [1.165, 1.54) is 0 Å². The molecular formula is C19H25ClN2O2. The third-order valence-electron chi connectivity index (χ3n) is 3.91. The summed E-state index contributed by atoms with van der Waals surface area (Å²) in [4.78, 5) is 12.2. The molecule has 2 rings (SSSR count). The molecule has 24 heavy (non-hydrogen) atoms. The molecule has 2 atom stereocenters. The predicted molar refractivity (Wildman–Crippen MR) is 99.3 cm³/mol. The Hall–Kier alpha value is -1.88. The maximum absolute atomic E-state index is 12.2. The molecule has 0 aliphatic carbocycles. The second kappa shape index (κ2) is 10.8. The normalized spacial score (nSPS) is 12.8. The largest absolute Gasteiger partial charge is 0.396 e. The van der Waals surface area contributed by atoms with Crippen molar-refractivity contribution in [2.24, 2.45) is 5.73 Å². The Labute approximate surface area is 149 Å². The highest BCUT2D eigenvalue weighted by Gasteiger charge is 2.17. The quantitative estimate of drug-likeness (QED) is 0.685. The molecule has 130 valence electrons. The van der Waals surface area contributed by atoms with Gasteiger partial charge >= 0.3 is 0 Å². The van der Waals surface area contributed by atoms with Gasteiger partial charge in [0.25, 0.3) is 0 Å². The summed E-state index contributed by atoms with van der Waals surface area (Å²) in [6.07, 6.45) is 1.13. The van der Waals surface area contributed by atoms with E-state index in [1.54, 1.807) is 0 Å². The standard InChI is InChI=1S/C19H24N2O2.ClH/c20-18(13-15-7-3-1-4-8-15)19(23)21-14-17(11-12-22)16-9-5-2-6-10-16;/h1-10,17-18,22H,11-14,20H2,(H,21,23);1H/t17?,18-;/m0./s1. The lowest BCUT2D eigenvalue weighted by Crippen LogP contribution is -2.43. The van der Waals surface area contributed by atoms with Crippen LogP contribution in [-0.4, -0.2) is 30.2 Å². The van der Waals surface area contributed by atoms with Crippen molar-refractivity contribution < 1.29 is 9.90 Å². The van der Waals surface area contributed by atoms with Gasteiger partial charge in [-0.15, -0.1) is 12.4 Å². The van der Waals surface area contributed by atoms with E-state index < -0.39 is 6.04 Å². The van der Waals surface area contributed by atoms with Crippen LogP contribution in [0.25, 0.3) is 0 Å². The van der Waals surface area contributed by atoms with E-state index >= 15 is 0 Å². The van der Waals surface area contributed by atoms with Gasteiger partial charge in [0.1, 0.15) is 0 Å². The summed E-state index contributed by atoms with van der Waals surface area (Å²) in [7, 11) is 0. The van der Waals surface area contributed by atoms with Gasteiger partial charge < -0.3 is 16.2 Å². The van der Waals surface area contributed by atoms with Gasteiger partial charge in [0, 0.05) is 19.1 Å². The zero-order valence-corrected chi connectivity index (χ0v) is 14.4. The minimum atomic E-state index is -0.567. The summed E-state index contributed by atoms with van der Waals surface area (Å²) in [5.41, 5.74) is 8.14. The molecule has 0 saturated heterocycles. The number of halogens is 1. The highest BCUT2D eigenvalue weighted by molar-refractivity contribution is 5.85. The molecular weight excluding hydrogens is 324 g/mol. The number of hydrogen-bond donors (Lipinski definition) is 3. The van der Waals surface area contributed by atoms with E-state index in [4.69, 9.17) is 5.73 Å². The smallest absolute Gasteiger partial charge is 0.237 e.